The van der Waals surface area contributed by atoms with Crippen molar-refractivity contribution in [1.29, 1.82) is 0 Å². The lowest BCUT2D eigenvalue weighted by molar-refractivity contribution is -0.133. The van der Waals surface area contributed by atoms with Crippen molar-refractivity contribution in [2.24, 2.45) is 0 Å². The molecule has 1 aromatic heterocycles. The van der Waals surface area contributed by atoms with Gasteiger partial charge in [0.25, 0.3) is 0 Å². The molecule has 0 spiro atoms. The first kappa shape index (κ1) is 17.5. The molecule has 132 valence electrons. The van der Waals surface area contributed by atoms with Crippen LogP contribution in [0.2, 0.25) is 5.02 Å². The van der Waals surface area contributed by atoms with Crippen LogP contribution in [0.5, 0.6) is 0 Å². The molecule has 1 atom stereocenters. The van der Waals surface area contributed by atoms with Crippen LogP contribution < -0.4 is 5.32 Å². The molecule has 1 fully saturated rings. The van der Waals surface area contributed by atoms with Crippen LogP contribution in [-0.2, 0) is 16.0 Å². The maximum Gasteiger partial charge on any atom is 0.242 e. The highest BCUT2D eigenvalue weighted by Crippen LogP contribution is 2.32. The molecular formula is C18H20ClN3O3. The van der Waals surface area contributed by atoms with Crippen molar-refractivity contribution >= 4 is 23.4 Å². The minimum atomic E-state index is -0.220. The number of nitrogens with one attached hydrogen (secondary N) is 1. The highest BCUT2D eigenvalue weighted by atomic mass is 35.5. The molecule has 0 saturated carbocycles. The first-order chi connectivity index (χ1) is 12.0. The van der Waals surface area contributed by atoms with Gasteiger partial charge in [-0.3, -0.25) is 9.59 Å². The third-order valence-electron chi connectivity index (χ3n) is 4.24. The van der Waals surface area contributed by atoms with E-state index in [0.717, 1.165) is 18.4 Å². The minimum Gasteiger partial charge on any atom is -0.443 e. The quantitative estimate of drug-likeness (QED) is 0.888. The second-order valence-corrected chi connectivity index (χ2v) is 6.50. The van der Waals surface area contributed by atoms with Gasteiger partial charge in [0.2, 0.25) is 17.7 Å². The Morgan fingerprint density at radius 2 is 2.20 bits per heavy atom. The molecule has 6 nitrogen and oxygen atoms in total. The molecule has 7 heteroatoms. The number of nitrogens with zero attached hydrogens (tertiary/aromatic N) is 2. The predicted octanol–water partition coefficient (Wildman–Crippen LogP) is 2.72. The number of aromatic nitrogens is 1. The summed E-state index contributed by atoms with van der Waals surface area (Å²) in [6, 6.07) is 7.42. The Labute approximate surface area is 151 Å². The van der Waals surface area contributed by atoms with Crippen molar-refractivity contribution in [2.45, 2.75) is 32.2 Å². The number of benzene rings is 1. The lowest BCUT2D eigenvalue weighted by Gasteiger charge is -2.22. The lowest BCUT2D eigenvalue weighted by Crippen LogP contribution is -2.39. The van der Waals surface area contributed by atoms with Gasteiger partial charge in [-0.2, -0.15) is 0 Å². The number of hydrogen-bond donors (Lipinski definition) is 1. The van der Waals surface area contributed by atoms with Crippen LogP contribution >= 0.6 is 11.6 Å². The Bertz CT molecular complexity index is 774. The van der Waals surface area contributed by atoms with Gasteiger partial charge in [0.05, 0.1) is 12.7 Å². The molecule has 0 radical (unpaired) electrons. The third-order valence-corrected chi connectivity index (χ3v) is 4.61. The average molecular weight is 362 g/mol. The third kappa shape index (κ3) is 4.20. The highest BCUT2D eigenvalue weighted by molar-refractivity contribution is 6.31. The Morgan fingerprint density at radius 3 is 2.96 bits per heavy atom. The Balaban J connectivity index is 1.69. The topological polar surface area (TPSA) is 75.4 Å². The van der Waals surface area contributed by atoms with E-state index in [9.17, 15) is 9.59 Å². The largest absolute Gasteiger partial charge is 0.443 e. The molecule has 1 saturated heterocycles. The van der Waals surface area contributed by atoms with Crippen molar-refractivity contribution in [2.75, 3.05) is 13.1 Å². The molecule has 1 aromatic carbocycles. The van der Waals surface area contributed by atoms with Crippen LogP contribution in [0.25, 0.3) is 0 Å². The van der Waals surface area contributed by atoms with Crippen LogP contribution in [-0.4, -0.2) is 34.8 Å². The molecule has 2 amide bonds. The lowest BCUT2D eigenvalue weighted by atomic mass is 10.1. The molecule has 1 aliphatic rings. The van der Waals surface area contributed by atoms with Crippen molar-refractivity contribution < 1.29 is 14.0 Å². The van der Waals surface area contributed by atoms with Gasteiger partial charge < -0.3 is 14.6 Å². The predicted molar refractivity (Wildman–Crippen MR) is 93.1 cm³/mol. The van der Waals surface area contributed by atoms with E-state index in [4.69, 9.17) is 16.0 Å². The molecule has 3 rings (SSSR count). The highest BCUT2D eigenvalue weighted by Gasteiger charge is 2.33. The Kier molecular flexibility index (Phi) is 5.38. The fourth-order valence-corrected chi connectivity index (χ4v) is 3.21. The maximum atomic E-state index is 12.3. The summed E-state index contributed by atoms with van der Waals surface area (Å²) in [5.74, 6) is 0.908. The molecule has 0 aliphatic carbocycles. The van der Waals surface area contributed by atoms with Gasteiger partial charge in [-0.1, -0.05) is 29.8 Å². The number of oxazole rings is 1. The first-order valence-electron chi connectivity index (χ1n) is 8.26. The van der Waals surface area contributed by atoms with Crippen LogP contribution in [0.15, 0.2) is 34.9 Å². The van der Waals surface area contributed by atoms with Gasteiger partial charge in [-0.05, 0) is 24.5 Å². The number of halogens is 1. The van der Waals surface area contributed by atoms with Crippen molar-refractivity contribution in [3.63, 3.8) is 0 Å². The van der Waals surface area contributed by atoms with Crippen molar-refractivity contribution in [1.82, 2.24) is 15.2 Å². The summed E-state index contributed by atoms with van der Waals surface area (Å²) < 4.78 is 5.88. The molecule has 2 aromatic rings. The van der Waals surface area contributed by atoms with E-state index in [2.05, 4.69) is 10.3 Å². The van der Waals surface area contributed by atoms with Gasteiger partial charge in [0.1, 0.15) is 11.8 Å². The van der Waals surface area contributed by atoms with Gasteiger partial charge in [-0.15, -0.1) is 0 Å². The summed E-state index contributed by atoms with van der Waals surface area (Å²) in [7, 11) is 0. The second kappa shape index (κ2) is 7.70. The van der Waals surface area contributed by atoms with Gasteiger partial charge >= 0.3 is 0 Å². The van der Waals surface area contributed by atoms with Crippen LogP contribution in [0.4, 0.5) is 0 Å². The van der Waals surface area contributed by atoms with Crippen molar-refractivity contribution in [3.05, 3.63) is 52.7 Å². The Hall–Kier alpha value is -2.34. The number of likely N-dealkylation sites (tertiary alicyclic amines) is 1. The smallest absolute Gasteiger partial charge is 0.242 e. The first-order valence-corrected chi connectivity index (χ1v) is 8.64. The summed E-state index contributed by atoms with van der Waals surface area (Å²) in [4.78, 5) is 29.4. The zero-order chi connectivity index (χ0) is 17.8. The molecule has 25 heavy (non-hydrogen) atoms. The summed E-state index contributed by atoms with van der Waals surface area (Å²) in [6.07, 6.45) is 3.93. The zero-order valence-corrected chi connectivity index (χ0v) is 14.8. The van der Waals surface area contributed by atoms with Gasteiger partial charge in [0, 0.05) is 24.9 Å². The number of rotatable bonds is 5. The monoisotopic (exact) mass is 361 g/mol. The van der Waals surface area contributed by atoms with E-state index >= 15 is 0 Å². The fraction of sp³-hybridized carbons (Fsp3) is 0.389. The zero-order valence-electron chi connectivity index (χ0n) is 14.0. The van der Waals surface area contributed by atoms with Crippen LogP contribution in [0.3, 0.4) is 0 Å². The minimum absolute atomic E-state index is 0.000970. The maximum absolute atomic E-state index is 12.3. The number of carbonyl (C=O) groups excluding carboxylic acids is 2. The number of hydrogen-bond acceptors (Lipinski definition) is 4. The van der Waals surface area contributed by atoms with Crippen LogP contribution in [0.1, 0.15) is 43.0 Å². The van der Waals surface area contributed by atoms with E-state index in [1.54, 1.807) is 11.1 Å². The van der Waals surface area contributed by atoms with E-state index in [1.807, 2.05) is 24.3 Å². The van der Waals surface area contributed by atoms with E-state index in [0.29, 0.717) is 29.6 Å². The summed E-state index contributed by atoms with van der Waals surface area (Å²) in [6.45, 7) is 2.04. The summed E-state index contributed by atoms with van der Waals surface area (Å²) in [5.41, 5.74) is 0.969. The second-order valence-electron chi connectivity index (χ2n) is 6.09. The average Bonchev–Trinajstić information content (AvgIpc) is 3.23. The molecule has 2 heterocycles. The van der Waals surface area contributed by atoms with E-state index in [-0.39, 0.29) is 24.4 Å². The van der Waals surface area contributed by atoms with E-state index in [1.165, 1.54) is 6.92 Å². The molecule has 1 aliphatic heterocycles. The normalized spacial score (nSPS) is 16.9. The SMILES string of the molecule is CC(=O)NCC(=O)N1CCC[C@H]1c1ncc(Cc2ccccc2Cl)o1. The molecule has 0 unspecified atom stereocenters. The van der Waals surface area contributed by atoms with Gasteiger partial charge in [-0.25, -0.2) is 4.98 Å². The number of carbonyl (C=O) groups is 2. The molecule has 1 N–H and O–H groups in total. The molecular weight excluding hydrogens is 342 g/mol. The standard InChI is InChI=1S/C18H20ClN3O3/c1-12(23)20-11-17(24)22-8-4-7-16(22)18-21-10-14(25-18)9-13-5-2-3-6-15(13)19/h2-3,5-6,10,16H,4,7-9,11H2,1H3,(H,20,23)/t16-/m0/s1. The summed E-state index contributed by atoms with van der Waals surface area (Å²) >= 11 is 6.18. The van der Waals surface area contributed by atoms with Crippen molar-refractivity contribution in [3.8, 4) is 0 Å². The van der Waals surface area contributed by atoms with Gasteiger partial charge in [0.15, 0.2) is 0 Å². The Morgan fingerprint density at radius 1 is 1.40 bits per heavy atom. The van der Waals surface area contributed by atoms with Crippen LogP contribution in [0, 0.1) is 0 Å². The number of amides is 2. The summed E-state index contributed by atoms with van der Waals surface area (Å²) in [5, 5.41) is 3.23. The molecule has 0 bridgehead atoms. The van der Waals surface area contributed by atoms with E-state index < -0.39 is 0 Å². The fourth-order valence-electron chi connectivity index (χ4n) is 3.01.